The Morgan fingerprint density at radius 3 is 2.50 bits per heavy atom. The maximum atomic E-state index is 12.1. The first-order valence-corrected chi connectivity index (χ1v) is 9.66. The first kappa shape index (κ1) is 18.4. The molecule has 1 aromatic rings. The van der Waals surface area contributed by atoms with Crippen LogP contribution >= 0.6 is 0 Å². The lowest BCUT2D eigenvalue weighted by Crippen LogP contribution is -2.34. The number of hydrogen-bond acceptors (Lipinski definition) is 5. The summed E-state index contributed by atoms with van der Waals surface area (Å²) < 4.78 is 30.1. The second-order valence-electron chi connectivity index (χ2n) is 7.03. The number of benzene rings is 1. The number of ketones is 1. The van der Waals surface area contributed by atoms with Gasteiger partial charge in [-0.2, -0.15) is 0 Å². The zero-order chi connectivity index (χ0) is 18.1. The van der Waals surface area contributed by atoms with Gasteiger partial charge in [0.15, 0.2) is 12.4 Å². The molecule has 0 saturated carbocycles. The molecule has 2 rings (SSSR count). The van der Waals surface area contributed by atoms with Gasteiger partial charge in [0.1, 0.15) is 0 Å². The highest BCUT2D eigenvalue weighted by atomic mass is 32.2. The maximum absolute atomic E-state index is 12.1. The highest BCUT2D eigenvalue weighted by Crippen LogP contribution is 2.30. The van der Waals surface area contributed by atoms with Crippen LogP contribution in [-0.2, 0) is 26.0 Å². The molecule has 7 heteroatoms. The SMILES string of the molecule is CC(C)(C)C(=O)COC(=O)c1ccc2c(c1)CCCN2S(C)(=O)=O. The molecule has 1 aliphatic heterocycles. The third kappa shape index (κ3) is 4.14. The number of hydrogen-bond donors (Lipinski definition) is 0. The van der Waals surface area contributed by atoms with E-state index in [0.717, 1.165) is 5.56 Å². The summed E-state index contributed by atoms with van der Waals surface area (Å²) in [7, 11) is -3.34. The Hall–Kier alpha value is -1.89. The van der Waals surface area contributed by atoms with Crippen LogP contribution in [0.4, 0.5) is 5.69 Å². The Balaban J connectivity index is 2.17. The predicted molar refractivity (Wildman–Crippen MR) is 91.7 cm³/mol. The fourth-order valence-corrected chi connectivity index (χ4v) is 3.46. The van der Waals surface area contributed by atoms with Gasteiger partial charge in [0, 0.05) is 12.0 Å². The molecule has 0 aromatic heterocycles. The molecule has 0 amide bonds. The summed E-state index contributed by atoms with van der Waals surface area (Å²) in [6, 6.07) is 4.81. The summed E-state index contributed by atoms with van der Waals surface area (Å²) in [5.74, 6) is -0.732. The smallest absolute Gasteiger partial charge is 0.338 e. The second-order valence-corrected chi connectivity index (χ2v) is 8.94. The molecule has 0 atom stereocenters. The van der Waals surface area contributed by atoms with Crippen molar-refractivity contribution in [1.29, 1.82) is 0 Å². The van der Waals surface area contributed by atoms with E-state index in [0.29, 0.717) is 30.6 Å². The number of rotatable bonds is 4. The van der Waals surface area contributed by atoms with Gasteiger partial charge in [-0.3, -0.25) is 9.10 Å². The number of sulfonamides is 1. The molecular formula is C17H23NO5S. The molecule has 0 spiro atoms. The van der Waals surface area contributed by atoms with Crippen LogP contribution in [0.3, 0.4) is 0 Å². The van der Waals surface area contributed by atoms with E-state index >= 15 is 0 Å². The van der Waals surface area contributed by atoms with Crippen molar-refractivity contribution in [3.63, 3.8) is 0 Å². The molecule has 0 bridgehead atoms. The lowest BCUT2D eigenvalue weighted by atomic mass is 9.91. The van der Waals surface area contributed by atoms with Gasteiger partial charge in [-0.15, -0.1) is 0 Å². The third-order valence-corrected chi connectivity index (χ3v) is 5.14. The molecule has 1 aromatic carbocycles. The summed E-state index contributed by atoms with van der Waals surface area (Å²) in [6.45, 7) is 5.47. The quantitative estimate of drug-likeness (QED) is 0.775. The summed E-state index contributed by atoms with van der Waals surface area (Å²) >= 11 is 0. The number of Topliss-reactive ketones (excluding diaryl/α,β-unsaturated/α-hetero) is 1. The van der Waals surface area contributed by atoms with Gasteiger partial charge in [-0.1, -0.05) is 20.8 Å². The van der Waals surface area contributed by atoms with Crippen molar-refractivity contribution in [3.05, 3.63) is 29.3 Å². The summed E-state index contributed by atoms with van der Waals surface area (Å²) in [6.07, 6.45) is 2.56. The molecular weight excluding hydrogens is 330 g/mol. The number of nitrogens with zero attached hydrogens (tertiary/aromatic N) is 1. The molecule has 0 saturated heterocycles. The summed E-state index contributed by atoms with van der Waals surface area (Å²) in [5.41, 5.74) is 1.16. The van der Waals surface area contributed by atoms with Crippen molar-refractivity contribution in [2.75, 3.05) is 23.7 Å². The Morgan fingerprint density at radius 1 is 1.25 bits per heavy atom. The van der Waals surface area contributed by atoms with E-state index in [-0.39, 0.29) is 12.4 Å². The normalized spacial score (nSPS) is 14.9. The number of esters is 1. The lowest BCUT2D eigenvalue weighted by Gasteiger charge is -2.29. The average molecular weight is 353 g/mol. The average Bonchev–Trinajstić information content (AvgIpc) is 2.49. The topological polar surface area (TPSA) is 80.8 Å². The minimum atomic E-state index is -3.34. The van der Waals surface area contributed by atoms with Crippen LogP contribution in [0, 0.1) is 5.41 Å². The minimum Gasteiger partial charge on any atom is -0.454 e. The molecule has 132 valence electrons. The molecule has 6 nitrogen and oxygen atoms in total. The van der Waals surface area contributed by atoms with Crippen molar-refractivity contribution >= 4 is 27.5 Å². The standard InChI is InChI=1S/C17H23NO5S/c1-17(2,3)15(19)11-23-16(20)13-7-8-14-12(10-13)6-5-9-18(14)24(4,21)22/h7-8,10H,5-6,9,11H2,1-4H3. The van der Waals surface area contributed by atoms with Crippen LogP contribution in [-0.4, -0.2) is 39.6 Å². The lowest BCUT2D eigenvalue weighted by molar-refractivity contribution is -0.129. The Labute approximate surface area is 142 Å². The number of aryl methyl sites for hydroxylation is 1. The zero-order valence-corrected chi connectivity index (χ0v) is 15.3. The molecule has 0 radical (unpaired) electrons. The number of carbonyl (C=O) groups is 2. The molecule has 1 heterocycles. The fraction of sp³-hybridized carbons (Fsp3) is 0.529. The van der Waals surface area contributed by atoms with Gasteiger partial charge in [-0.25, -0.2) is 13.2 Å². The van der Waals surface area contributed by atoms with Crippen LogP contribution < -0.4 is 4.31 Å². The predicted octanol–water partition coefficient (Wildman–Crippen LogP) is 2.17. The van der Waals surface area contributed by atoms with Crippen molar-refractivity contribution in [2.45, 2.75) is 33.6 Å². The van der Waals surface area contributed by atoms with Gasteiger partial charge < -0.3 is 4.74 Å². The molecule has 0 unspecified atom stereocenters. The third-order valence-electron chi connectivity index (χ3n) is 3.96. The highest BCUT2D eigenvalue weighted by Gasteiger charge is 2.26. The molecule has 0 fully saturated rings. The largest absolute Gasteiger partial charge is 0.454 e. The molecule has 24 heavy (non-hydrogen) atoms. The van der Waals surface area contributed by atoms with E-state index in [1.807, 2.05) is 0 Å². The van der Waals surface area contributed by atoms with Crippen molar-refractivity contribution in [2.24, 2.45) is 5.41 Å². The van der Waals surface area contributed by atoms with Crippen molar-refractivity contribution in [3.8, 4) is 0 Å². The molecule has 0 N–H and O–H groups in total. The second kappa shape index (κ2) is 6.55. The minimum absolute atomic E-state index is 0.155. The maximum Gasteiger partial charge on any atom is 0.338 e. The van der Waals surface area contributed by atoms with E-state index in [4.69, 9.17) is 4.74 Å². The number of carbonyl (C=O) groups excluding carboxylic acids is 2. The zero-order valence-electron chi connectivity index (χ0n) is 14.5. The number of fused-ring (bicyclic) bond motifs is 1. The summed E-state index contributed by atoms with van der Waals surface area (Å²) in [4.78, 5) is 24.0. The molecule has 1 aliphatic rings. The Bertz CT molecular complexity index is 762. The van der Waals surface area contributed by atoms with Crippen molar-refractivity contribution < 1.29 is 22.7 Å². The summed E-state index contributed by atoms with van der Waals surface area (Å²) in [5, 5.41) is 0. The van der Waals surface area contributed by atoms with E-state index in [1.54, 1.807) is 32.9 Å². The number of ether oxygens (including phenoxy) is 1. The highest BCUT2D eigenvalue weighted by molar-refractivity contribution is 7.92. The van der Waals surface area contributed by atoms with Crippen LogP contribution in [0.25, 0.3) is 0 Å². The van der Waals surface area contributed by atoms with Crippen LogP contribution in [0.2, 0.25) is 0 Å². The van der Waals surface area contributed by atoms with Crippen LogP contribution in [0.5, 0.6) is 0 Å². The Morgan fingerprint density at radius 2 is 1.92 bits per heavy atom. The van der Waals surface area contributed by atoms with E-state index in [1.165, 1.54) is 16.6 Å². The van der Waals surface area contributed by atoms with Gasteiger partial charge in [0.05, 0.1) is 17.5 Å². The number of anilines is 1. The van der Waals surface area contributed by atoms with Gasteiger partial charge in [0.25, 0.3) is 0 Å². The fourth-order valence-electron chi connectivity index (χ4n) is 2.46. The van der Waals surface area contributed by atoms with Gasteiger partial charge in [0.2, 0.25) is 10.0 Å². The molecule has 0 aliphatic carbocycles. The van der Waals surface area contributed by atoms with E-state index in [9.17, 15) is 18.0 Å². The first-order valence-electron chi connectivity index (χ1n) is 7.81. The van der Waals surface area contributed by atoms with Crippen molar-refractivity contribution in [1.82, 2.24) is 0 Å². The first-order chi connectivity index (χ1) is 11.0. The monoisotopic (exact) mass is 353 g/mol. The van der Waals surface area contributed by atoms with E-state index in [2.05, 4.69) is 0 Å². The van der Waals surface area contributed by atoms with E-state index < -0.39 is 21.4 Å². The van der Waals surface area contributed by atoms with Crippen LogP contribution in [0.15, 0.2) is 18.2 Å². The van der Waals surface area contributed by atoms with Gasteiger partial charge in [-0.05, 0) is 36.6 Å². The van der Waals surface area contributed by atoms with Crippen LogP contribution in [0.1, 0.15) is 43.1 Å². The van der Waals surface area contributed by atoms with Gasteiger partial charge >= 0.3 is 5.97 Å². The Kier molecular flexibility index (Phi) is 5.03.